The molecule has 0 aliphatic carbocycles. The highest BCUT2D eigenvalue weighted by molar-refractivity contribution is 5.54. The van der Waals surface area contributed by atoms with Gasteiger partial charge >= 0.3 is 0 Å². The minimum Gasteiger partial charge on any atom is -0.444 e. The van der Waals surface area contributed by atoms with Gasteiger partial charge in [-0.15, -0.1) is 0 Å². The molecule has 1 saturated heterocycles. The zero-order chi connectivity index (χ0) is 17.8. The number of oxazole rings is 1. The summed E-state index contributed by atoms with van der Waals surface area (Å²) in [6.07, 6.45) is 3.48. The van der Waals surface area contributed by atoms with Gasteiger partial charge in [0, 0.05) is 44.5 Å². The molecule has 1 aromatic carbocycles. The third kappa shape index (κ3) is 3.44. The Hall–Kier alpha value is -3.17. The van der Waals surface area contributed by atoms with E-state index in [4.69, 9.17) is 4.42 Å². The number of hydrogen-bond donors (Lipinski definition) is 0. The average molecular weight is 345 g/mol. The molecule has 0 amide bonds. The van der Waals surface area contributed by atoms with Crippen molar-refractivity contribution in [3.05, 3.63) is 66.2 Å². The first-order valence-electron chi connectivity index (χ1n) is 8.66. The first-order chi connectivity index (χ1) is 12.8. The largest absolute Gasteiger partial charge is 0.444 e. The van der Waals surface area contributed by atoms with Crippen molar-refractivity contribution in [2.45, 2.75) is 6.54 Å². The molecule has 0 bridgehead atoms. The van der Waals surface area contributed by atoms with Crippen LogP contribution in [0.4, 0.5) is 5.82 Å². The van der Waals surface area contributed by atoms with Crippen LogP contribution in [-0.2, 0) is 6.54 Å². The Bertz CT molecular complexity index is 907. The molecule has 0 saturated carbocycles. The number of aromatic nitrogens is 2. The zero-order valence-corrected chi connectivity index (χ0v) is 14.4. The van der Waals surface area contributed by atoms with Gasteiger partial charge in [0.25, 0.3) is 0 Å². The molecule has 1 aliphatic heterocycles. The van der Waals surface area contributed by atoms with E-state index in [9.17, 15) is 5.26 Å². The molecule has 0 N–H and O–H groups in total. The normalized spacial score (nSPS) is 15.0. The fourth-order valence-electron chi connectivity index (χ4n) is 3.18. The van der Waals surface area contributed by atoms with E-state index in [2.05, 4.69) is 25.8 Å². The van der Waals surface area contributed by atoms with Crippen LogP contribution in [0.3, 0.4) is 0 Å². The lowest BCUT2D eigenvalue weighted by Crippen LogP contribution is -2.46. The van der Waals surface area contributed by atoms with E-state index in [1.54, 1.807) is 18.5 Å². The van der Waals surface area contributed by atoms with Crippen molar-refractivity contribution in [3.8, 4) is 17.5 Å². The highest BCUT2D eigenvalue weighted by Gasteiger charge is 2.21. The Balaban J connectivity index is 1.37. The van der Waals surface area contributed by atoms with E-state index >= 15 is 0 Å². The highest BCUT2D eigenvalue weighted by atomic mass is 16.3. The van der Waals surface area contributed by atoms with Crippen LogP contribution in [0, 0.1) is 11.3 Å². The number of anilines is 1. The summed E-state index contributed by atoms with van der Waals surface area (Å²) in [6.45, 7) is 4.24. The fourth-order valence-corrected chi connectivity index (χ4v) is 3.18. The van der Waals surface area contributed by atoms with Gasteiger partial charge in [-0.25, -0.2) is 9.97 Å². The van der Waals surface area contributed by atoms with Crippen molar-refractivity contribution in [2.24, 2.45) is 0 Å². The van der Waals surface area contributed by atoms with Crippen molar-refractivity contribution < 1.29 is 4.42 Å². The SMILES string of the molecule is N#Cc1cccnc1N1CCN(Cc2coc(-c3ccccc3)n2)CC1. The summed E-state index contributed by atoms with van der Waals surface area (Å²) in [6, 6.07) is 15.8. The number of benzene rings is 1. The lowest BCUT2D eigenvalue weighted by atomic mass is 10.2. The van der Waals surface area contributed by atoms with Gasteiger partial charge in [0.1, 0.15) is 18.2 Å². The van der Waals surface area contributed by atoms with Gasteiger partial charge in [-0.3, -0.25) is 4.90 Å². The number of nitrogens with zero attached hydrogens (tertiary/aromatic N) is 5. The molecule has 0 atom stereocenters. The van der Waals surface area contributed by atoms with Crippen LogP contribution in [-0.4, -0.2) is 41.0 Å². The van der Waals surface area contributed by atoms with E-state index in [0.29, 0.717) is 11.5 Å². The Labute approximate surface area is 152 Å². The first-order valence-corrected chi connectivity index (χ1v) is 8.66. The van der Waals surface area contributed by atoms with Gasteiger partial charge in [0.2, 0.25) is 5.89 Å². The van der Waals surface area contributed by atoms with E-state index in [1.807, 2.05) is 36.4 Å². The Kier molecular flexibility index (Phi) is 4.63. The zero-order valence-electron chi connectivity index (χ0n) is 14.4. The van der Waals surface area contributed by atoms with Gasteiger partial charge < -0.3 is 9.32 Å². The Morgan fingerprint density at radius 3 is 2.62 bits per heavy atom. The molecule has 0 radical (unpaired) electrons. The Morgan fingerprint density at radius 1 is 1.04 bits per heavy atom. The molecule has 2 aromatic heterocycles. The standard InChI is InChI=1S/C20H19N5O/c21-13-17-7-4-8-22-19(17)25-11-9-24(10-12-25)14-18-15-26-20(23-18)16-5-2-1-3-6-16/h1-8,15H,9-12,14H2. The average Bonchev–Trinajstić information content (AvgIpc) is 3.18. The minimum absolute atomic E-state index is 0.630. The second-order valence-electron chi connectivity index (χ2n) is 6.26. The minimum atomic E-state index is 0.630. The second-order valence-corrected chi connectivity index (χ2v) is 6.26. The molecule has 6 nitrogen and oxygen atoms in total. The molecule has 4 rings (SSSR count). The molecule has 3 aromatic rings. The van der Waals surface area contributed by atoms with Crippen LogP contribution in [0.25, 0.3) is 11.5 Å². The quantitative estimate of drug-likeness (QED) is 0.724. The van der Waals surface area contributed by atoms with E-state index in [1.165, 1.54) is 0 Å². The predicted octanol–water partition coefficient (Wildman–Crippen LogP) is 2.93. The van der Waals surface area contributed by atoms with Crippen LogP contribution in [0.2, 0.25) is 0 Å². The van der Waals surface area contributed by atoms with Crippen LogP contribution < -0.4 is 4.90 Å². The second kappa shape index (κ2) is 7.38. The smallest absolute Gasteiger partial charge is 0.226 e. The molecule has 1 aliphatic rings. The topological polar surface area (TPSA) is 69.2 Å². The maximum Gasteiger partial charge on any atom is 0.226 e. The van der Waals surface area contributed by atoms with Crippen LogP contribution in [0.5, 0.6) is 0 Å². The van der Waals surface area contributed by atoms with Crippen molar-refractivity contribution in [3.63, 3.8) is 0 Å². The fraction of sp³-hybridized carbons (Fsp3) is 0.250. The molecular formula is C20H19N5O. The van der Waals surface area contributed by atoms with Crippen molar-refractivity contribution >= 4 is 5.82 Å². The third-order valence-corrected chi connectivity index (χ3v) is 4.54. The molecule has 130 valence electrons. The summed E-state index contributed by atoms with van der Waals surface area (Å²) in [7, 11) is 0. The summed E-state index contributed by atoms with van der Waals surface area (Å²) in [5.74, 6) is 1.44. The molecule has 3 heterocycles. The summed E-state index contributed by atoms with van der Waals surface area (Å²) < 4.78 is 5.62. The van der Waals surface area contributed by atoms with Crippen LogP contribution in [0.15, 0.2) is 59.3 Å². The number of nitriles is 1. The van der Waals surface area contributed by atoms with E-state index < -0.39 is 0 Å². The summed E-state index contributed by atoms with van der Waals surface area (Å²) in [5, 5.41) is 9.25. The number of hydrogen-bond acceptors (Lipinski definition) is 6. The molecule has 0 unspecified atom stereocenters. The van der Waals surface area contributed by atoms with Gasteiger partial charge in [-0.1, -0.05) is 18.2 Å². The van der Waals surface area contributed by atoms with Gasteiger partial charge in [-0.05, 0) is 24.3 Å². The number of piperazine rings is 1. The maximum atomic E-state index is 9.25. The molecule has 1 fully saturated rings. The van der Waals surface area contributed by atoms with E-state index in [-0.39, 0.29) is 0 Å². The molecule has 6 heteroatoms. The summed E-state index contributed by atoms with van der Waals surface area (Å²) in [5.41, 5.74) is 2.56. The monoisotopic (exact) mass is 345 g/mol. The molecular weight excluding hydrogens is 326 g/mol. The van der Waals surface area contributed by atoms with Crippen molar-refractivity contribution in [2.75, 3.05) is 31.1 Å². The van der Waals surface area contributed by atoms with Gasteiger partial charge in [-0.2, -0.15) is 5.26 Å². The third-order valence-electron chi connectivity index (χ3n) is 4.54. The number of rotatable bonds is 4. The summed E-state index contributed by atoms with van der Waals surface area (Å²) in [4.78, 5) is 13.5. The van der Waals surface area contributed by atoms with Gasteiger partial charge in [0.15, 0.2) is 0 Å². The van der Waals surface area contributed by atoms with Crippen LogP contribution in [0.1, 0.15) is 11.3 Å². The number of pyridine rings is 1. The predicted molar refractivity (Wildman–Crippen MR) is 98.4 cm³/mol. The van der Waals surface area contributed by atoms with Crippen LogP contribution >= 0.6 is 0 Å². The molecule has 26 heavy (non-hydrogen) atoms. The van der Waals surface area contributed by atoms with Crippen molar-refractivity contribution in [1.82, 2.24) is 14.9 Å². The highest BCUT2D eigenvalue weighted by Crippen LogP contribution is 2.21. The Morgan fingerprint density at radius 2 is 1.85 bits per heavy atom. The first kappa shape index (κ1) is 16.3. The van der Waals surface area contributed by atoms with Gasteiger partial charge in [0.05, 0.1) is 11.3 Å². The summed E-state index contributed by atoms with van der Waals surface area (Å²) >= 11 is 0. The lowest BCUT2D eigenvalue weighted by Gasteiger charge is -2.35. The molecule has 0 spiro atoms. The maximum absolute atomic E-state index is 9.25. The lowest BCUT2D eigenvalue weighted by molar-refractivity contribution is 0.246. The van der Waals surface area contributed by atoms with Crippen molar-refractivity contribution in [1.29, 1.82) is 5.26 Å². The van der Waals surface area contributed by atoms with E-state index in [0.717, 1.165) is 49.8 Å².